The lowest BCUT2D eigenvalue weighted by atomic mass is 10.2. The van der Waals surface area contributed by atoms with Crippen molar-refractivity contribution in [3.8, 4) is 0 Å². The van der Waals surface area contributed by atoms with Crippen molar-refractivity contribution in [2.75, 3.05) is 31.1 Å². The molecule has 0 spiro atoms. The Hall–Kier alpha value is -2.01. The average molecular weight is 325 g/mol. The molecule has 5 heteroatoms. The molecule has 1 aliphatic rings. The maximum absolute atomic E-state index is 4.71. The lowest BCUT2D eigenvalue weighted by Gasteiger charge is -2.23. The fourth-order valence-corrected chi connectivity index (χ4v) is 3.12. The Bertz CT molecular complexity index is 670. The van der Waals surface area contributed by atoms with Crippen LogP contribution in [0.15, 0.2) is 30.6 Å². The zero-order valence-electron chi connectivity index (χ0n) is 14.9. The van der Waals surface area contributed by atoms with Crippen LogP contribution >= 0.6 is 0 Å². The van der Waals surface area contributed by atoms with E-state index in [0.717, 1.165) is 49.9 Å². The molecule has 0 aliphatic carbocycles. The lowest BCUT2D eigenvalue weighted by molar-refractivity contribution is 0.281. The van der Waals surface area contributed by atoms with Gasteiger partial charge in [-0.2, -0.15) is 0 Å². The van der Waals surface area contributed by atoms with Gasteiger partial charge in [0.15, 0.2) is 0 Å². The van der Waals surface area contributed by atoms with Crippen molar-refractivity contribution in [2.45, 2.75) is 39.7 Å². The van der Waals surface area contributed by atoms with Crippen LogP contribution in [0.2, 0.25) is 0 Å². The first-order valence-corrected chi connectivity index (χ1v) is 8.83. The summed E-state index contributed by atoms with van der Waals surface area (Å²) in [6.45, 7) is 11.6. The second-order valence-electron chi connectivity index (χ2n) is 6.83. The van der Waals surface area contributed by atoms with Crippen LogP contribution in [0, 0.1) is 6.92 Å². The van der Waals surface area contributed by atoms with E-state index in [1.54, 1.807) is 0 Å². The summed E-state index contributed by atoms with van der Waals surface area (Å²) >= 11 is 0. The van der Waals surface area contributed by atoms with Crippen LogP contribution in [0.25, 0.3) is 0 Å². The molecule has 1 fully saturated rings. The van der Waals surface area contributed by atoms with E-state index < -0.39 is 0 Å². The highest BCUT2D eigenvalue weighted by molar-refractivity contribution is 5.46. The van der Waals surface area contributed by atoms with Crippen LogP contribution in [-0.2, 0) is 6.54 Å². The summed E-state index contributed by atoms with van der Waals surface area (Å²) in [5.74, 6) is 1.32. The van der Waals surface area contributed by atoms with Gasteiger partial charge in [-0.3, -0.25) is 9.88 Å². The second-order valence-corrected chi connectivity index (χ2v) is 6.83. The third-order valence-corrected chi connectivity index (χ3v) is 4.47. The topological polar surface area (TPSA) is 45.2 Å². The van der Waals surface area contributed by atoms with E-state index in [-0.39, 0.29) is 0 Å². The van der Waals surface area contributed by atoms with Crippen molar-refractivity contribution in [3.63, 3.8) is 0 Å². The minimum Gasteiger partial charge on any atom is -0.370 e. The second kappa shape index (κ2) is 7.71. The first kappa shape index (κ1) is 16.8. The van der Waals surface area contributed by atoms with Crippen molar-refractivity contribution in [2.24, 2.45) is 0 Å². The average Bonchev–Trinajstić information content (AvgIpc) is 2.81. The molecule has 0 atom stereocenters. The van der Waals surface area contributed by atoms with Gasteiger partial charge < -0.3 is 4.90 Å². The Morgan fingerprint density at radius 3 is 2.67 bits per heavy atom. The van der Waals surface area contributed by atoms with Gasteiger partial charge in [0.1, 0.15) is 5.82 Å². The third kappa shape index (κ3) is 4.29. The predicted octanol–water partition coefficient (Wildman–Crippen LogP) is 3.02. The molecule has 3 heterocycles. The van der Waals surface area contributed by atoms with Gasteiger partial charge in [-0.05, 0) is 31.5 Å². The largest absolute Gasteiger partial charge is 0.370 e. The van der Waals surface area contributed by atoms with Gasteiger partial charge in [0, 0.05) is 62.4 Å². The van der Waals surface area contributed by atoms with E-state index in [2.05, 4.69) is 52.7 Å². The summed E-state index contributed by atoms with van der Waals surface area (Å²) < 4.78 is 0. The minimum atomic E-state index is 0.375. The molecule has 2 aromatic heterocycles. The minimum absolute atomic E-state index is 0.375. The Morgan fingerprint density at radius 2 is 1.88 bits per heavy atom. The predicted molar refractivity (Wildman–Crippen MR) is 97.2 cm³/mol. The molecule has 0 saturated carbocycles. The first-order chi connectivity index (χ1) is 11.6. The maximum atomic E-state index is 4.71. The molecule has 2 aromatic rings. The van der Waals surface area contributed by atoms with E-state index in [4.69, 9.17) is 4.98 Å². The number of nitrogens with zero attached hydrogens (tertiary/aromatic N) is 5. The summed E-state index contributed by atoms with van der Waals surface area (Å²) in [6.07, 6.45) is 4.96. The molecule has 0 N–H and O–H groups in total. The molecule has 1 aliphatic heterocycles. The molecule has 0 unspecified atom stereocenters. The van der Waals surface area contributed by atoms with Crippen molar-refractivity contribution < 1.29 is 0 Å². The summed E-state index contributed by atoms with van der Waals surface area (Å²) in [5.41, 5.74) is 3.49. The van der Waals surface area contributed by atoms with E-state index in [1.165, 1.54) is 12.1 Å². The molecule has 5 nitrogen and oxygen atoms in total. The highest BCUT2D eigenvalue weighted by atomic mass is 15.2. The van der Waals surface area contributed by atoms with Crippen LogP contribution in [0.1, 0.15) is 43.4 Å². The number of anilines is 1. The molecular formula is C19H27N5. The molecule has 24 heavy (non-hydrogen) atoms. The fraction of sp³-hybridized carbons (Fsp3) is 0.526. The molecule has 0 radical (unpaired) electrons. The van der Waals surface area contributed by atoms with Crippen LogP contribution in [-0.4, -0.2) is 46.0 Å². The molecular weight excluding hydrogens is 298 g/mol. The van der Waals surface area contributed by atoms with Crippen molar-refractivity contribution in [1.82, 2.24) is 19.9 Å². The van der Waals surface area contributed by atoms with Crippen LogP contribution < -0.4 is 4.90 Å². The first-order valence-electron chi connectivity index (χ1n) is 8.83. The molecule has 0 amide bonds. The van der Waals surface area contributed by atoms with Crippen molar-refractivity contribution in [3.05, 3.63) is 47.8 Å². The molecule has 128 valence electrons. The number of hydrogen-bond acceptors (Lipinski definition) is 5. The number of aryl methyl sites for hydroxylation is 1. The van der Waals surface area contributed by atoms with Gasteiger partial charge in [0.2, 0.25) is 0 Å². The Balaban J connectivity index is 1.62. The quantitative estimate of drug-likeness (QED) is 0.864. The summed E-state index contributed by atoms with van der Waals surface area (Å²) in [4.78, 5) is 18.3. The van der Waals surface area contributed by atoms with Gasteiger partial charge in [-0.15, -0.1) is 0 Å². The zero-order chi connectivity index (χ0) is 16.9. The maximum Gasteiger partial charge on any atom is 0.131 e. The zero-order valence-corrected chi connectivity index (χ0v) is 14.9. The fourth-order valence-electron chi connectivity index (χ4n) is 3.12. The van der Waals surface area contributed by atoms with Crippen molar-refractivity contribution in [1.29, 1.82) is 0 Å². The van der Waals surface area contributed by atoms with Gasteiger partial charge in [-0.1, -0.05) is 13.8 Å². The highest BCUT2D eigenvalue weighted by Crippen LogP contribution is 2.17. The SMILES string of the molecule is Cc1cc(N2CCCN(Cc3ccnc(C(C)C)n3)CC2)ccn1. The van der Waals surface area contributed by atoms with Gasteiger partial charge in [0.05, 0.1) is 5.69 Å². The number of aromatic nitrogens is 3. The molecule has 1 saturated heterocycles. The van der Waals surface area contributed by atoms with Gasteiger partial charge >= 0.3 is 0 Å². The van der Waals surface area contributed by atoms with Crippen LogP contribution in [0.3, 0.4) is 0 Å². The molecule has 0 aromatic carbocycles. The van der Waals surface area contributed by atoms with E-state index >= 15 is 0 Å². The van der Waals surface area contributed by atoms with E-state index in [0.29, 0.717) is 5.92 Å². The number of rotatable bonds is 4. The van der Waals surface area contributed by atoms with Gasteiger partial charge in [-0.25, -0.2) is 9.97 Å². The third-order valence-electron chi connectivity index (χ3n) is 4.47. The summed E-state index contributed by atoms with van der Waals surface area (Å²) in [7, 11) is 0. The van der Waals surface area contributed by atoms with E-state index in [9.17, 15) is 0 Å². The normalized spacial score (nSPS) is 16.4. The number of hydrogen-bond donors (Lipinski definition) is 0. The Morgan fingerprint density at radius 1 is 1.04 bits per heavy atom. The lowest BCUT2D eigenvalue weighted by Crippen LogP contribution is -2.30. The van der Waals surface area contributed by atoms with Crippen molar-refractivity contribution >= 4 is 5.69 Å². The van der Waals surface area contributed by atoms with Crippen LogP contribution in [0.5, 0.6) is 0 Å². The highest BCUT2D eigenvalue weighted by Gasteiger charge is 2.16. The Labute approximate surface area is 144 Å². The number of pyridine rings is 1. The molecule has 3 rings (SSSR count). The Kier molecular flexibility index (Phi) is 5.41. The van der Waals surface area contributed by atoms with E-state index in [1.807, 2.05) is 18.5 Å². The van der Waals surface area contributed by atoms with Gasteiger partial charge in [0.25, 0.3) is 0 Å². The monoisotopic (exact) mass is 325 g/mol. The summed E-state index contributed by atoms with van der Waals surface area (Å²) in [5, 5.41) is 0. The molecule has 0 bridgehead atoms. The standard InChI is InChI=1S/C19H27N5/c1-15(2)19-21-7-5-17(22-19)14-23-9-4-10-24(12-11-23)18-6-8-20-16(3)13-18/h5-8,13,15H,4,9-12,14H2,1-3H3. The smallest absolute Gasteiger partial charge is 0.131 e. The van der Waals surface area contributed by atoms with Crippen LogP contribution in [0.4, 0.5) is 5.69 Å². The summed E-state index contributed by atoms with van der Waals surface area (Å²) in [6, 6.07) is 6.33.